The van der Waals surface area contributed by atoms with E-state index in [-0.39, 0.29) is 0 Å². The molecule has 5 heteroatoms. The molecule has 0 fully saturated rings. The molecule has 0 aliphatic carbocycles. The minimum atomic E-state index is 0.794. The molecule has 5 nitrogen and oxygen atoms in total. The minimum Gasteiger partial charge on any atom is -0.368 e. The maximum Gasteiger partial charge on any atom is 0.144 e. The Hall–Kier alpha value is -2.43. The van der Waals surface area contributed by atoms with Gasteiger partial charge in [0.15, 0.2) is 0 Å². The number of para-hydroxylation sites is 2. The highest BCUT2D eigenvalue weighted by atomic mass is 15.1. The highest BCUT2D eigenvalue weighted by Crippen LogP contribution is 2.16. The van der Waals surface area contributed by atoms with Gasteiger partial charge < -0.3 is 9.88 Å². The van der Waals surface area contributed by atoms with Crippen molar-refractivity contribution in [3.05, 3.63) is 48.7 Å². The third-order valence-electron chi connectivity index (χ3n) is 3.27. The van der Waals surface area contributed by atoms with Crippen molar-refractivity contribution in [1.82, 2.24) is 19.5 Å². The largest absolute Gasteiger partial charge is 0.368 e. The van der Waals surface area contributed by atoms with Gasteiger partial charge in [-0.3, -0.25) is 4.98 Å². The lowest BCUT2D eigenvalue weighted by Gasteiger charge is -2.07. The first-order chi connectivity index (χ1) is 9.88. The topological polar surface area (TPSA) is 55.6 Å². The van der Waals surface area contributed by atoms with Crippen LogP contribution in [0.5, 0.6) is 0 Å². The quantitative estimate of drug-likeness (QED) is 0.771. The molecule has 2 aromatic heterocycles. The van der Waals surface area contributed by atoms with Gasteiger partial charge in [0, 0.05) is 31.9 Å². The number of aryl methyl sites for hydroxylation is 1. The smallest absolute Gasteiger partial charge is 0.144 e. The van der Waals surface area contributed by atoms with E-state index in [1.807, 2.05) is 6.07 Å². The van der Waals surface area contributed by atoms with Gasteiger partial charge in [-0.25, -0.2) is 9.97 Å². The summed E-state index contributed by atoms with van der Waals surface area (Å²) in [6, 6.07) is 8.25. The number of fused-ring (bicyclic) bond motifs is 1. The van der Waals surface area contributed by atoms with Crippen LogP contribution in [0.25, 0.3) is 11.0 Å². The van der Waals surface area contributed by atoms with E-state index in [0.717, 1.165) is 36.7 Å². The van der Waals surface area contributed by atoms with E-state index in [2.05, 4.69) is 45.0 Å². The molecule has 0 saturated heterocycles. The molecule has 0 unspecified atom stereocenters. The van der Waals surface area contributed by atoms with Gasteiger partial charge in [-0.15, -0.1) is 0 Å². The second kappa shape index (κ2) is 5.69. The van der Waals surface area contributed by atoms with Gasteiger partial charge in [-0.1, -0.05) is 12.1 Å². The van der Waals surface area contributed by atoms with Crippen LogP contribution in [0, 0.1) is 0 Å². The second-order valence-electron chi connectivity index (χ2n) is 4.53. The summed E-state index contributed by atoms with van der Waals surface area (Å²) in [4.78, 5) is 12.9. The summed E-state index contributed by atoms with van der Waals surface area (Å²) in [7, 11) is 0. The number of rotatable bonds is 5. The van der Waals surface area contributed by atoms with Gasteiger partial charge in [0.05, 0.1) is 17.2 Å². The normalized spacial score (nSPS) is 10.8. The number of nitrogens with zero attached hydrogens (tertiary/aromatic N) is 4. The van der Waals surface area contributed by atoms with Gasteiger partial charge in [-0.2, -0.15) is 0 Å². The van der Waals surface area contributed by atoms with Crippen LogP contribution in [-0.2, 0) is 13.0 Å². The van der Waals surface area contributed by atoms with Gasteiger partial charge in [0.1, 0.15) is 11.6 Å². The van der Waals surface area contributed by atoms with E-state index in [4.69, 9.17) is 4.98 Å². The summed E-state index contributed by atoms with van der Waals surface area (Å²) >= 11 is 0. The van der Waals surface area contributed by atoms with Crippen molar-refractivity contribution in [2.24, 2.45) is 0 Å². The molecule has 1 N–H and O–H groups in total. The summed E-state index contributed by atoms with van der Waals surface area (Å²) in [5.41, 5.74) is 2.26. The van der Waals surface area contributed by atoms with Crippen LogP contribution in [0.3, 0.4) is 0 Å². The lowest BCUT2D eigenvalue weighted by atomic mass is 10.3. The molecular weight excluding hydrogens is 250 g/mol. The van der Waals surface area contributed by atoms with E-state index >= 15 is 0 Å². The van der Waals surface area contributed by atoms with Crippen molar-refractivity contribution < 1.29 is 0 Å². The number of imidazole rings is 1. The molecule has 1 aromatic carbocycles. The molecule has 2 heterocycles. The lowest BCUT2D eigenvalue weighted by molar-refractivity contribution is 0.716. The first-order valence-electron chi connectivity index (χ1n) is 6.82. The molecule has 3 rings (SSSR count). The summed E-state index contributed by atoms with van der Waals surface area (Å²) in [5.74, 6) is 1.90. The number of anilines is 1. The molecule has 0 bridgehead atoms. The Morgan fingerprint density at radius 2 is 2.10 bits per heavy atom. The van der Waals surface area contributed by atoms with E-state index in [9.17, 15) is 0 Å². The fourth-order valence-electron chi connectivity index (χ4n) is 2.36. The average Bonchev–Trinajstić information content (AvgIpc) is 2.86. The van der Waals surface area contributed by atoms with Crippen LogP contribution in [0.15, 0.2) is 42.9 Å². The average molecular weight is 267 g/mol. The first kappa shape index (κ1) is 12.6. The molecule has 0 spiro atoms. The molecule has 0 radical (unpaired) electrons. The van der Waals surface area contributed by atoms with E-state index in [1.54, 1.807) is 18.6 Å². The van der Waals surface area contributed by atoms with Gasteiger partial charge in [0.2, 0.25) is 0 Å². The van der Waals surface area contributed by atoms with Crippen molar-refractivity contribution in [3.8, 4) is 0 Å². The predicted molar refractivity (Wildman–Crippen MR) is 79.6 cm³/mol. The van der Waals surface area contributed by atoms with E-state index < -0.39 is 0 Å². The van der Waals surface area contributed by atoms with Crippen molar-refractivity contribution in [3.63, 3.8) is 0 Å². The van der Waals surface area contributed by atoms with Crippen LogP contribution in [0.4, 0.5) is 5.82 Å². The number of nitrogens with one attached hydrogen (secondary N) is 1. The van der Waals surface area contributed by atoms with Crippen molar-refractivity contribution in [2.45, 2.75) is 19.9 Å². The Morgan fingerprint density at radius 3 is 2.90 bits per heavy atom. The number of aromatic nitrogens is 4. The van der Waals surface area contributed by atoms with Gasteiger partial charge in [0.25, 0.3) is 0 Å². The predicted octanol–water partition coefficient (Wildman–Crippen LogP) is 2.50. The third kappa shape index (κ3) is 2.47. The Labute approximate surface area is 117 Å². The van der Waals surface area contributed by atoms with Crippen LogP contribution >= 0.6 is 0 Å². The fraction of sp³-hybridized carbons (Fsp3) is 0.267. The summed E-state index contributed by atoms with van der Waals surface area (Å²) < 4.78 is 2.26. The van der Waals surface area contributed by atoms with Crippen molar-refractivity contribution >= 4 is 16.9 Å². The number of benzene rings is 1. The van der Waals surface area contributed by atoms with Crippen LogP contribution in [0.2, 0.25) is 0 Å². The van der Waals surface area contributed by atoms with Gasteiger partial charge in [-0.05, 0) is 19.1 Å². The minimum absolute atomic E-state index is 0.794. The third-order valence-corrected chi connectivity index (χ3v) is 3.27. The molecule has 0 aliphatic rings. The second-order valence-corrected chi connectivity index (χ2v) is 4.53. The highest BCUT2D eigenvalue weighted by molar-refractivity contribution is 5.75. The molecule has 0 aliphatic heterocycles. The molecular formula is C15H17N5. The highest BCUT2D eigenvalue weighted by Gasteiger charge is 2.08. The molecule has 102 valence electrons. The zero-order valence-corrected chi connectivity index (χ0v) is 11.5. The van der Waals surface area contributed by atoms with Crippen molar-refractivity contribution in [1.29, 1.82) is 0 Å². The summed E-state index contributed by atoms with van der Waals surface area (Å²) in [5, 5.41) is 3.26. The Balaban J connectivity index is 1.74. The lowest BCUT2D eigenvalue weighted by Crippen LogP contribution is -2.10. The van der Waals surface area contributed by atoms with Gasteiger partial charge >= 0.3 is 0 Å². The zero-order chi connectivity index (χ0) is 13.8. The monoisotopic (exact) mass is 267 g/mol. The van der Waals surface area contributed by atoms with Crippen LogP contribution < -0.4 is 5.32 Å². The Kier molecular flexibility index (Phi) is 3.58. The zero-order valence-electron chi connectivity index (χ0n) is 11.5. The molecule has 0 saturated carbocycles. The first-order valence-corrected chi connectivity index (χ1v) is 6.82. The molecule has 3 aromatic rings. The summed E-state index contributed by atoms with van der Waals surface area (Å²) in [6.45, 7) is 3.87. The SMILES string of the molecule is CCn1c(CCNc2cnccn2)nc2ccccc21. The van der Waals surface area contributed by atoms with E-state index in [1.165, 1.54) is 5.52 Å². The number of hydrogen-bond acceptors (Lipinski definition) is 4. The summed E-state index contributed by atoms with van der Waals surface area (Å²) in [6.07, 6.45) is 5.94. The standard InChI is InChI=1S/C15H17N5/c1-2-20-13-6-4-3-5-12(13)19-15(20)7-8-17-14-11-16-9-10-18-14/h3-6,9-11H,2,7-8H2,1H3,(H,17,18). The maximum atomic E-state index is 4.70. The van der Waals surface area contributed by atoms with Crippen LogP contribution in [0.1, 0.15) is 12.7 Å². The molecule has 20 heavy (non-hydrogen) atoms. The fourth-order valence-corrected chi connectivity index (χ4v) is 2.36. The molecule has 0 atom stereocenters. The van der Waals surface area contributed by atoms with E-state index in [0.29, 0.717) is 0 Å². The molecule has 0 amide bonds. The van der Waals surface area contributed by atoms with Crippen molar-refractivity contribution in [2.75, 3.05) is 11.9 Å². The Bertz CT molecular complexity index is 690. The number of hydrogen-bond donors (Lipinski definition) is 1. The maximum absolute atomic E-state index is 4.70. The van der Waals surface area contributed by atoms with Crippen LogP contribution in [-0.4, -0.2) is 26.1 Å². The Morgan fingerprint density at radius 1 is 1.20 bits per heavy atom.